The van der Waals surface area contributed by atoms with Gasteiger partial charge in [0.25, 0.3) is 5.91 Å². The van der Waals surface area contributed by atoms with E-state index in [1.807, 2.05) is 24.3 Å². The van der Waals surface area contributed by atoms with Gasteiger partial charge in [0.1, 0.15) is 18.2 Å². The number of hydrazine groups is 1. The Kier molecular flexibility index (Phi) is 12.5. The van der Waals surface area contributed by atoms with Crippen molar-refractivity contribution < 1.29 is 13.9 Å². The number of nitrogens with zero attached hydrogens (tertiary/aromatic N) is 2. The zero-order valence-electron chi connectivity index (χ0n) is 31.1. The highest BCUT2D eigenvalue weighted by atomic mass is 19.1. The fourth-order valence-corrected chi connectivity index (χ4v) is 9.98. The van der Waals surface area contributed by atoms with E-state index in [4.69, 9.17) is 4.74 Å². The molecule has 51 heavy (non-hydrogen) atoms. The van der Waals surface area contributed by atoms with Crippen LogP contribution in [-0.2, 0) is 0 Å². The molecule has 7 rings (SSSR count). The highest BCUT2D eigenvalue weighted by molar-refractivity contribution is 5.95. The third-order valence-electron chi connectivity index (χ3n) is 12.8. The molecule has 2 aromatic rings. The molecule has 1 amide bonds. The SMILES string of the molecule is CN1C(CNc2cccc(C(=O)NC3COc4cc(F)ccc43)c2)NN(C2CCCCCCC2)C1C1CCNC2(CCCCCCCCCC2)C1. The highest BCUT2D eigenvalue weighted by Gasteiger charge is 2.47. The summed E-state index contributed by atoms with van der Waals surface area (Å²) in [5, 5.41) is 13.6. The molecule has 3 aliphatic heterocycles. The number of fused-ring (bicyclic) bond motifs is 1. The number of nitrogens with one attached hydrogen (secondary N) is 4. The molecule has 0 aromatic heterocycles. The zero-order chi connectivity index (χ0) is 35.0. The van der Waals surface area contributed by atoms with E-state index in [-0.39, 0.29) is 29.5 Å². The third kappa shape index (κ3) is 9.09. The van der Waals surface area contributed by atoms with Crippen LogP contribution in [0.1, 0.15) is 144 Å². The Bertz CT molecular complexity index is 1420. The first-order valence-corrected chi connectivity index (χ1v) is 20.6. The lowest BCUT2D eigenvalue weighted by Crippen LogP contribution is -2.58. The molecule has 9 heteroatoms. The predicted octanol–water partition coefficient (Wildman–Crippen LogP) is 8.27. The van der Waals surface area contributed by atoms with Gasteiger partial charge in [-0.2, -0.15) is 0 Å². The lowest BCUT2D eigenvalue weighted by molar-refractivity contribution is -0.00314. The van der Waals surface area contributed by atoms with Crippen molar-refractivity contribution in [2.45, 2.75) is 152 Å². The number of carbonyl (C=O) groups excluding carboxylic acids is 1. The normalized spacial score (nSPS) is 28.6. The smallest absolute Gasteiger partial charge is 0.251 e. The highest BCUT2D eigenvalue weighted by Crippen LogP contribution is 2.40. The molecule has 2 saturated heterocycles. The number of halogens is 1. The van der Waals surface area contributed by atoms with Gasteiger partial charge in [-0.15, -0.1) is 0 Å². The molecule has 280 valence electrons. The number of likely N-dealkylation sites (N-methyl/N-ethyl adjacent to an activating group) is 1. The number of rotatable bonds is 7. The van der Waals surface area contributed by atoms with Crippen LogP contribution < -0.4 is 26.1 Å². The second-order valence-electron chi connectivity index (χ2n) is 16.4. The van der Waals surface area contributed by atoms with Crippen molar-refractivity contribution in [2.75, 3.05) is 32.1 Å². The molecule has 4 fully saturated rings. The summed E-state index contributed by atoms with van der Waals surface area (Å²) in [7, 11) is 2.34. The van der Waals surface area contributed by atoms with Crippen molar-refractivity contribution in [3.63, 3.8) is 0 Å². The topological polar surface area (TPSA) is 80.9 Å². The fraction of sp³-hybridized carbons (Fsp3) is 0.690. The first-order valence-electron chi connectivity index (χ1n) is 20.6. The second-order valence-corrected chi connectivity index (χ2v) is 16.4. The Hall–Kier alpha value is -2.72. The lowest BCUT2D eigenvalue weighted by Gasteiger charge is -2.48. The fourth-order valence-electron chi connectivity index (χ4n) is 9.98. The van der Waals surface area contributed by atoms with Crippen molar-refractivity contribution in [1.29, 1.82) is 0 Å². The molecule has 0 radical (unpaired) electrons. The predicted molar refractivity (Wildman–Crippen MR) is 203 cm³/mol. The number of hydrogen-bond donors (Lipinski definition) is 4. The summed E-state index contributed by atoms with van der Waals surface area (Å²) < 4.78 is 19.3. The van der Waals surface area contributed by atoms with Crippen molar-refractivity contribution >= 4 is 11.6 Å². The van der Waals surface area contributed by atoms with Crippen molar-refractivity contribution in [3.8, 4) is 5.75 Å². The van der Waals surface area contributed by atoms with Crippen LogP contribution in [0.2, 0.25) is 0 Å². The maximum Gasteiger partial charge on any atom is 0.251 e. The minimum Gasteiger partial charge on any atom is -0.491 e. The summed E-state index contributed by atoms with van der Waals surface area (Å²) in [5.74, 6) is 0.627. The van der Waals surface area contributed by atoms with Crippen LogP contribution in [0.15, 0.2) is 42.5 Å². The standard InChI is InChI=1S/C42H63FN6O2/c1-48-39(29-44-34-17-15-16-31(26-34)40(50)46-37-30-51-38-27-33(43)20-21-36(37)38)47-49(35-18-11-7-6-8-12-19-35)41(48)32-22-25-45-42(28-32)23-13-9-4-2-3-5-10-14-24-42/h15-17,20-21,26-27,32,35,37,39,41,44-45,47H,2-14,18-19,22-25,28-30H2,1H3,(H,46,50). The molecular formula is C42H63FN6O2. The molecule has 4 atom stereocenters. The Morgan fingerprint density at radius 1 is 0.902 bits per heavy atom. The van der Waals surface area contributed by atoms with Gasteiger partial charge in [-0.25, -0.2) is 14.8 Å². The van der Waals surface area contributed by atoms with Gasteiger partial charge in [-0.05, 0) is 82.3 Å². The third-order valence-corrected chi connectivity index (χ3v) is 12.8. The number of anilines is 1. The van der Waals surface area contributed by atoms with Gasteiger partial charge < -0.3 is 20.7 Å². The summed E-state index contributed by atoms with van der Waals surface area (Å²) >= 11 is 0. The summed E-state index contributed by atoms with van der Waals surface area (Å²) in [6.45, 7) is 2.17. The van der Waals surface area contributed by atoms with Crippen LogP contribution in [0.3, 0.4) is 0 Å². The van der Waals surface area contributed by atoms with E-state index in [0.29, 0.717) is 36.0 Å². The van der Waals surface area contributed by atoms with Crippen molar-refractivity contribution in [3.05, 3.63) is 59.4 Å². The Balaban J connectivity index is 1.03. The van der Waals surface area contributed by atoms with Crippen LogP contribution >= 0.6 is 0 Å². The Morgan fingerprint density at radius 3 is 2.35 bits per heavy atom. The second kappa shape index (κ2) is 17.4. The van der Waals surface area contributed by atoms with Crippen LogP contribution in [-0.4, -0.2) is 66.5 Å². The van der Waals surface area contributed by atoms with Gasteiger partial charge in [0.2, 0.25) is 0 Å². The molecule has 0 bridgehead atoms. The maximum atomic E-state index is 13.7. The molecule has 3 heterocycles. The maximum absolute atomic E-state index is 13.7. The van der Waals surface area contributed by atoms with Crippen LogP contribution in [0.4, 0.5) is 10.1 Å². The number of carbonyl (C=O) groups is 1. The molecule has 4 N–H and O–H groups in total. The minimum absolute atomic E-state index is 0.156. The van der Waals surface area contributed by atoms with E-state index in [0.717, 1.165) is 24.3 Å². The van der Waals surface area contributed by atoms with Crippen LogP contribution in [0.5, 0.6) is 5.75 Å². The molecular weight excluding hydrogens is 640 g/mol. The molecule has 4 unspecified atom stereocenters. The Labute approximate surface area is 306 Å². The number of ether oxygens (including phenoxy) is 1. The van der Waals surface area contributed by atoms with Gasteiger partial charge in [-0.3, -0.25) is 9.69 Å². The molecule has 8 nitrogen and oxygen atoms in total. The van der Waals surface area contributed by atoms with E-state index in [1.165, 1.54) is 134 Å². The Morgan fingerprint density at radius 2 is 1.61 bits per heavy atom. The molecule has 2 aliphatic carbocycles. The molecule has 2 aromatic carbocycles. The van der Waals surface area contributed by atoms with Gasteiger partial charge in [-0.1, -0.05) is 95.6 Å². The van der Waals surface area contributed by atoms with E-state index >= 15 is 0 Å². The van der Waals surface area contributed by atoms with E-state index in [1.54, 1.807) is 6.07 Å². The average Bonchev–Trinajstić information content (AvgIpc) is 3.65. The summed E-state index contributed by atoms with van der Waals surface area (Å²) in [5.41, 5.74) is 6.69. The summed E-state index contributed by atoms with van der Waals surface area (Å²) in [6.07, 6.45) is 26.1. The monoisotopic (exact) mass is 702 g/mol. The summed E-state index contributed by atoms with van der Waals surface area (Å²) in [6, 6.07) is 12.5. The van der Waals surface area contributed by atoms with Gasteiger partial charge in [0.15, 0.2) is 0 Å². The summed E-state index contributed by atoms with van der Waals surface area (Å²) in [4.78, 5) is 16.0. The van der Waals surface area contributed by atoms with Crippen LogP contribution in [0, 0.1) is 11.7 Å². The van der Waals surface area contributed by atoms with E-state index in [9.17, 15) is 9.18 Å². The zero-order valence-corrected chi connectivity index (χ0v) is 31.1. The van der Waals surface area contributed by atoms with Gasteiger partial charge >= 0.3 is 0 Å². The molecule has 5 aliphatic rings. The van der Waals surface area contributed by atoms with Gasteiger partial charge in [0.05, 0.1) is 18.4 Å². The van der Waals surface area contributed by atoms with Crippen LogP contribution in [0.25, 0.3) is 0 Å². The first kappa shape index (κ1) is 36.6. The number of piperidine rings is 1. The number of amides is 1. The number of benzene rings is 2. The number of hydrogen-bond acceptors (Lipinski definition) is 7. The van der Waals surface area contributed by atoms with E-state index < -0.39 is 0 Å². The quantitative estimate of drug-likeness (QED) is 0.231. The largest absolute Gasteiger partial charge is 0.491 e. The van der Waals surface area contributed by atoms with Crippen molar-refractivity contribution in [1.82, 2.24) is 26.0 Å². The average molecular weight is 703 g/mol. The van der Waals surface area contributed by atoms with Crippen molar-refractivity contribution in [2.24, 2.45) is 5.92 Å². The lowest BCUT2D eigenvalue weighted by atomic mass is 9.74. The first-order chi connectivity index (χ1) is 25.0. The van der Waals surface area contributed by atoms with Gasteiger partial charge in [0, 0.05) is 41.0 Å². The van der Waals surface area contributed by atoms with E-state index in [2.05, 4.69) is 38.3 Å². The molecule has 2 saturated carbocycles. The molecule has 1 spiro atoms. The minimum atomic E-state index is -0.336.